The molecule has 0 spiro atoms. The Balaban J connectivity index is 2.94. The minimum Gasteiger partial charge on any atom is -0.258 e. The first-order valence-corrected chi connectivity index (χ1v) is 5.03. The summed E-state index contributed by atoms with van der Waals surface area (Å²) >= 11 is 3.34. The third-order valence-electron chi connectivity index (χ3n) is 1.65. The lowest BCUT2D eigenvalue weighted by molar-refractivity contribution is 1.11. The first-order valence-electron chi connectivity index (χ1n) is 3.91. The van der Waals surface area contributed by atoms with E-state index in [1.54, 1.807) is 0 Å². The van der Waals surface area contributed by atoms with Crippen molar-refractivity contribution in [3.63, 3.8) is 0 Å². The van der Waals surface area contributed by atoms with E-state index in [4.69, 9.17) is 0 Å². The second kappa shape index (κ2) is 4.41. The van der Waals surface area contributed by atoms with Gasteiger partial charge in [0.2, 0.25) is 0 Å². The maximum absolute atomic E-state index is 4.36. The van der Waals surface area contributed by atoms with Crippen molar-refractivity contribution in [1.29, 1.82) is 0 Å². The van der Waals surface area contributed by atoms with E-state index in [2.05, 4.69) is 39.1 Å². The van der Waals surface area contributed by atoms with E-state index in [1.807, 2.05) is 19.9 Å². The normalized spacial score (nSPS) is 10.9. The van der Waals surface area contributed by atoms with Gasteiger partial charge in [0.05, 0.1) is 0 Å². The van der Waals surface area contributed by atoms with Crippen LogP contribution >= 0.6 is 15.9 Å². The molecule has 0 saturated heterocycles. The molecule has 1 aromatic heterocycles. The van der Waals surface area contributed by atoms with E-state index >= 15 is 0 Å². The molecule has 0 aliphatic rings. The van der Waals surface area contributed by atoms with E-state index in [9.17, 15) is 0 Å². The number of pyridine rings is 1. The molecule has 0 aliphatic heterocycles. The van der Waals surface area contributed by atoms with Gasteiger partial charge in [0.25, 0.3) is 0 Å². The van der Waals surface area contributed by atoms with Gasteiger partial charge in [0.1, 0.15) is 0 Å². The van der Waals surface area contributed by atoms with E-state index in [0.717, 1.165) is 16.7 Å². The Bertz CT molecular complexity index is 292. The van der Waals surface area contributed by atoms with E-state index in [0.29, 0.717) is 0 Å². The standard InChI is InChI=1S/C10H12BrN/c1-8-5-6-10(4-3-7-11)9(2)12-8/h3-6H,7H2,1-2H3. The maximum atomic E-state index is 4.36. The van der Waals surface area contributed by atoms with Crippen molar-refractivity contribution in [2.45, 2.75) is 13.8 Å². The molecule has 0 amide bonds. The summed E-state index contributed by atoms with van der Waals surface area (Å²) in [6.07, 6.45) is 4.15. The average molecular weight is 226 g/mol. The van der Waals surface area contributed by atoms with Gasteiger partial charge in [-0.25, -0.2) is 0 Å². The number of halogens is 1. The lowest BCUT2D eigenvalue weighted by atomic mass is 10.2. The monoisotopic (exact) mass is 225 g/mol. The van der Waals surface area contributed by atoms with Crippen LogP contribution in [0.1, 0.15) is 17.0 Å². The fraction of sp³-hybridized carbons (Fsp3) is 0.300. The van der Waals surface area contributed by atoms with Crippen molar-refractivity contribution in [3.8, 4) is 0 Å². The van der Waals surface area contributed by atoms with Gasteiger partial charge in [-0.15, -0.1) is 0 Å². The molecule has 0 aromatic carbocycles. The summed E-state index contributed by atoms with van der Waals surface area (Å²) in [7, 11) is 0. The van der Waals surface area contributed by atoms with Gasteiger partial charge >= 0.3 is 0 Å². The Kier molecular flexibility index (Phi) is 3.48. The third kappa shape index (κ3) is 2.45. The number of nitrogens with zero attached hydrogens (tertiary/aromatic N) is 1. The number of hydrogen-bond acceptors (Lipinski definition) is 1. The van der Waals surface area contributed by atoms with Crippen LogP contribution in [-0.2, 0) is 0 Å². The van der Waals surface area contributed by atoms with Gasteiger partial charge in [-0.3, -0.25) is 4.98 Å². The highest BCUT2D eigenvalue weighted by Crippen LogP contribution is 2.08. The number of rotatable bonds is 2. The maximum Gasteiger partial charge on any atom is 0.0447 e. The summed E-state index contributed by atoms with van der Waals surface area (Å²) in [6, 6.07) is 4.12. The summed E-state index contributed by atoms with van der Waals surface area (Å²) in [6.45, 7) is 4.03. The van der Waals surface area contributed by atoms with E-state index in [-0.39, 0.29) is 0 Å². The molecule has 12 heavy (non-hydrogen) atoms. The van der Waals surface area contributed by atoms with Crippen molar-refractivity contribution < 1.29 is 0 Å². The summed E-state index contributed by atoms with van der Waals surface area (Å²) < 4.78 is 0. The molecule has 0 unspecified atom stereocenters. The summed E-state index contributed by atoms with van der Waals surface area (Å²) in [5.74, 6) is 0. The van der Waals surface area contributed by atoms with Crippen LogP contribution in [0.3, 0.4) is 0 Å². The molecule has 1 aromatic rings. The highest BCUT2D eigenvalue weighted by atomic mass is 79.9. The Morgan fingerprint density at radius 2 is 2.17 bits per heavy atom. The van der Waals surface area contributed by atoms with Gasteiger partial charge in [-0.05, 0) is 25.5 Å². The van der Waals surface area contributed by atoms with Crippen molar-refractivity contribution in [2.75, 3.05) is 5.33 Å². The fourth-order valence-corrected chi connectivity index (χ4v) is 1.23. The van der Waals surface area contributed by atoms with E-state index in [1.165, 1.54) is 5.56 Å². The number of aromatic nitrogens is 1. The molecule has 1 nitrogen and oxygen atoms in total. The SMILES string of the molecule is Cc1ccc(C=CCBr)c(C)n1. The second-order valence-corrected chi connectivity index (χ2v) is 3.33. The first-order chi connectivity index (χ1) is 5.74. The zero-order chi connectivity index (χ0) is 8.97. The van der Waals surface area contributed by atoms with Crippen LogP contribution in [-0.4, -0.2) is 10.3 Å². The van der Waals surface area contributed by atoms with Gasteiger partial charge < -0.3 is 0 Å². The van der Waals surface area contributed by atoms with Crippen LogP contribution in [0.2, 0.25) is 0 Å². The molecule has 0 fully saturated rings. The zero-order valence-corrected chi connectivity index (χ0v) is 8.93. The first kappa shape index (κ1) is 9.46. The second-order valence-electron chi connectivity index (χ2n) is 2.68. The Morgan fingerprint density at radius 3 is 2.75 bits per heavy atom. The smallest absolute Gasteiger partial charge is 0.0447 e. The number of aryl methyl sites for hydroxylation is 2. The van der Waals surface area contributed by atoms with E-state index < -0.39 is 0 Å². The molecule has 64 valence electrons. The molecule has 0 saturated carbocycles. The van der Waals surface area contributed by atoms with Crippen LogP contribution in [0.15, 0.2) is 18.2 Å². The third-order valence-corrected chi connectivity index (χ3v) is 2.03. The minimum atomic E-state index is 0.889. The van der Waals surface area contributed by atoms with Crippen molar-refractivity contribution >= 4 is 22.0 Å². The molecule has 1 heterocycles. The van der Waals surface area contributed by atoms with Crippen molar-refractivity contribution in [3.05, 3.63) is 35.2 Å². The molecule has 1 rings (SSSR count). The van der Waals surface area contributed by atoms with Crippen LogP contribution in [0.4, 0.5) is 0 Å². The highest BCUT2D eigenvalue weighted by molar-refractivity contribution is 9.09. The Hall–Kier alpha value is -0.630. The number of allylic oxidation sites excluding steroid dienone is 1. The lowest BCUT2D eigenvalue weighted by Crippen LogP contribution is -1.88. The quantitative estimate of drug-likeness (QED) is 0.706. The lowest BCUT2D eigenvalue weighted by Gasteiger charge is -1.99. The van der Waals surface area contributed by atoms with Gasteiger partial charge in [0.15, 0.2) is 0 Å². The summed E-state index contributed by atoms with van der Waals surface area (Å²) in [4.78, 5) is 4.36. The predicted octanol–water partition coefficient (Wildman–Crippen LogP) is 3.11. The minimum absolute atomic E-state index is 0.889. The summed E-state index contributed by atoms with van der Waals surface area (Å²) in [5.41, 5.74) is 3.36. The predicted molar refractivity (Wildman–Crippen MR) is 56.5 cm³/mol. The van der Waals surface area contributed by atoms with Crippen LogP contribution in [0, 0.1) is 13.8 Å². The number of hydrogen-bond donors (Lipinski definition) is 0. The highest BCUT2D eigenvalue weighted by Gasteiger charge is 1.94. The van der Waals surface area contributed by atoms with Crippen molar-refractivity contribution in [1.82, 2.24) is 4.98 Å². The molecule has 0 aliphatic carbocycles. The fourth-order valence-electron chi connectivity index (χ4n) is 1.04. The summed E-state index contributed by atoms with van der Waals surface area (Å²) in [5, 5.41) is 0.889. The molecule has 0 radical (unpaired) electrons. The molecule has 2 heteroatoms. The van der Waals surface area contributed by atoms with Gasteiger partial charge in [0, 0.05) is 16.7 Å². The Labute approximate surface area is 81.7 Å². The largest absolute Gasteiger partial charge is 0.258 e. The van der Waals surface area contributed by atoms with Crippen LogP contribution in [0.5, 0.6) is 0 Å². The van der Waals surface area contributed by atoms with Crippen LogP contribution < -0.4 is 0 Å². The average Bonchev–Trinajstić information content (AvgIpc) is 2.03. The zero-order valence-electron chi connectivity index (χ0n) is 7.34. The van der Waals surface area contributed by atoms with Crippen molar-refractivity contribution in [2.24, 2.45) is 0 Å². The number of alkyl halides is 1. The molecular weight excluding hydrogens is 214 g/mol. The Morgan fingerprint density at radius 1 is 1.42 bits per heavy atom. The van der Waals surface area contributed by atoms with Crippen LogP contribution in [0.25, 0.3) is 6.08 Å². The molecule has 0 bridgehead atoms. The topological polar surface area (TPSA) is 12.9 Å². The van der Waals surface area contributed by atoms with Gasteiger partial charge in [-0.1, -0.05) is 34.1 Å². The molecular formula is C10H12BrN. The molecule has 0 N–H and O–H groups in total. The molecule has 0 atom stereocenters. The van der Waals surface area contributed by atoms with Gasteiger partial charge in [-0.2, -0.15) is 0 Å².